The number of thiocarbonyl (C=S) groups is 1. The Labute approximate surface area is 119 Å². The van der Waals surface area contributed by atoms with Crippen LogP contribution >= 0.6 is 24.0 Å². The molecule has 1 aliphatic rings. The molecule has 0 bridgehead atoms. The Balaban J connectivity index is 1.81. The number of carbonyl (C=O) groups excluding carboxylic acids is 1. The van der Waals surface area contributed by atoms with E-state index in [0.717, 1.165) is 0 Å². The van der Waals surface area contributed by atoms with Gasteiger partial charge in [0.05, 0.1) is 24.0 Å². The third-order valence-corrected chi connectivity index (χ3v) is 3.96. The van der Waals surface area contributed by atoms with Crippen LogP contribution in [0.4, 0.5) is 0 Å². The van der Waals surface area contributed by atoms with Crippen LogP contribution in [0.3, 0.4) is 0 Å². The Bertz CT molecular complexity index is 629. The van der Waals surface area contributed by atoms with Crippen LogP contribution in [0, 0.1) is 0 Å². The van der Waals surface area contributed by atoms with Gasteiger partial charge in [0.15, 0.2) is 0 Å². The maximum absolute atomic E-state index is 12.2. The van der Waals surface area contributed by atoms with Gasteiger partial charge in [0.1, 0.15) is 15.8 Å². The SMILES string of the molecule is O=C1/C(=C/c2ccco2)SC(=S)N1Cc1ccco1. The minimum atomic E-state index is -0.122. The lowest BCUT2D eigenvalue weighted by Crippen LogP contribution is -2.27. The molecule has 0 atom stereocenters. The predicted molar refractivity (Wildman–Crippen MR) is 76.1 cm³/mol. The summed E-state index contributed by atoms with van der Waals surface area (Å²) in [6, 6.07) is 7.16. The third-order valence-electron chi connectivity index (χ3n) is 2.58. The average Bonchev–Trinajstić information content (AvgIpc) is 3.10. The number of hydrogen-bond acceptors (Lipinski definition) is 5. The first-order chi connectivity index (χ1) is 9.24. The van der Waals surface area contributed by atoms with Gasteiger partial charge in [0.2, 0.25) is 0 Å². The van der Waals surface area contributed by atoms with Gasteiger partial charge in [-0.1, -0.05) is 24.0 Å². The van der Waals surface area contributed by atoms with Crippen molar-refractivity contribution in [2.45, 2.75) is 6.54 Å². The molecule has 1 aliphatic heterocycles. The Morgan fingerprint density at radius 1 is 1.26 bits per heavy atom. The highest BCUT2D eigenvalue weighted by Crippen LogP contribution is 2.33. The van der Waals surface area contributed by atoms with Crippen molar-refractivity contribution in [3.05, 3.63) is 53.2 Å². The number of amides is 1. The summed E-state index contributed by atoms with van der Waals surface area (Å²) in [7, 11) is 0. The van der Waals surface area contributed by atoms with E-state index in [4.69, 9.17) is 21.1 Å². The van der Waals surface area contributed by atoms with Crippen molar-refractivity contribution in [2.75, 3.05) is 0 Å². The summed E-state index contributed by atoms with van der Waals surface area (Å²) in [5.41, 5.74) is 0. The summed E-state index contributed by atoms with van der Waals surface area (Å²) < 4.78 is 11.0. The van der Waals surface area contributed by atoms with Gasteiger partial charge in [-0.05, 0) is 24.3 Å². The van der Waals surface area contributed by atoms with E-state index >= 15 is 0 Å². The summed E-state index contributed by atoms with van der Waals surface area (Å²) in [6.07, 6.45) is 4.84. The molecule has 6 heteroatoms. The molecule has 2 aromatic heterocycles. The van der Waals surface area contributed by atoms with Crippen LogP contribution in [0.1, 0.15) is 11.5 Å². The van der Waals surface area contributed by atoms with E-state index in [0.29, 0.717) is 27.3 Å². The Kier molecular flexibility index (Phi) is 3.27. The Morgan fingerprint density at radius 3 is 2.74 bits per heavy atom. The fraction of sp³-hybridized carbons (Fsp3) is 0.0769. The van der Waals surface area contributed by atoms with E-state index in [1.165, 1.54) is 16.7 Å². The van der Waals surface area contributed by atoms with Crippen molar-refractivity contribution in [1.82, 2.24) is 4.90 Å². The van der Waals surface area contributed by atoms with Crippen molar-refractivity contribution in [3.63, 3.8) is 0 Å². The molecule has 1 saturated heterocycles. The maximum atomic E-state index is 12.2. The van der Waals surface area contributed by atoms with Gasteiger partial charge < -0.3 is 8.83 Å². The van der Waals surface area contributed by atoms with E-state index in [1.807, 2.05) is 6.07 Å². The zero-order chi connectivity index (χ0) is 13.2. The first-order valence-electron chi connectivity index (χ1n) is 5.55. The smallest absolute Gasteiger partial charge is 0.266 e. The molecule has 0 unspecified atom stereocenters. The highest BCUT2D eigenvalue weighted by molar-refractivity contribution is 8.26. The number of rotatable bonds is 3. The van der Waals surface area contributed by atoms with E-state index in [9.17, 15) is 4.79 Å². The molecule has 19 heavy (non-hydrogen) atoms. The molecule has 4 nitrogen and oxygen atoms in total. The van der Waals surface area contributed by atoms with Gasteiger partial charge in [-0.25, -0.2) is 0 Å². The quantitative estimate of drug-likeness (QED) is 0.641. The van der Waals surface area contributed by atoms with Gasteiger partial charge in [-0.15, -0.1) is 0 Å². The summed E-state index contributed by atoms with van der Waals surface area (Å²) >= 11 is 6.49. The van der Waals surface area contributed by atoms with Gasteiger partial charge >= 0.3 is 0 Å². The Hall–Kier alpha value is -1.79. The molecular weight excluding hydrogens is 282 g/mol. The monoisotopic (exact) mass is 291 g/mol. The molecule has 0 aromatic carbocycles. The largest absolute Gasteiger partial charge is 0.467 e. The number of nitrogens with zero attached hydrogens (tertiary/aromatic N) is 1. The first kappa shape index (κ1) is 12.3. The van der Waals surface area contributed by atoms with Crippen molar-refractivity contribution >= 4 is 40.3 Å². The second kappa shape index (κ2) is 5.07. The van der Waals surface area contributed by atoms with E-state index in [2.05, 4.69) is 0 Å². The minimum absolute atomic E-state index is 0.122. The van der Waals surface area contributed by atoms with Crippen molar-refractivity contribution in [1.29, 1.82) is 0 Å². The van der Waals surface area contributed by atoms with Crippen LogP contribution in [-0.2, 0) is 11.3 Å². The van der Waals surface area contributed by atoms with Crippen LogP contribution in [0.2, 0.25) is 0 Å². The van der Waals surface area contributed by atoms with Gasteiger partial charge in [-0.3, -0.25) is 9.69 Å². The van der Waals surface area contributed by atoms with E-state index in [-0.39, 0.29) is 5.91 Å². The lowest BCUT2D eigenvalue weighted by atomic mass is 10.3. The van der Waals surface area contributed by atoms with Crippen LogP contribution in [0.25, 0.3) is 6.08 Å². The molecule has 2 aromatic rings. The van der Waals surface area contributed by atoms with Crippen LogP contribution < -0.4 is 0 Å². The lowest BCUT2D eigenvalue weighted by molar-refractivity contribution is -0.122. The highest BCUT2D eigenvalue weighted by Gasteiger charge is 2.32. The first-order valence-corrected chi connectivity index (χ1v) is 6.78. The number of thioether (sulfide) groups is 1. The summed E-state index contributed by atoms with van der Waals surface area (Å²) in [5, 5.41) is 0. The third kappa shape index (κ3) is 2.50. The molecule has 3 heterocycles. The van der Waals surface area contributed by atoms with E-state index < -0.39 is 0 Å². The van der Waals surface area contributed by atoms with E-state index in [1.54, 1.807) is 36.8 Å². The minimum Gasteiger partial charge on any atom is -0.467 e. The summed E-state index contributed by atoms with van der Waals surface area (Å²) in [5.74, 6) is 1.22. The van der Waals surface area contributed by atoms with Gasteiger partial charge in [0, 0.05) is 6.08 Å². The topological polar surface area (TPSA) is 46.6 Å². The predicted octanol–water partition coefficient (Wildman–Crippen LogP) is 3.27. The van der Waals surface area contributed by atoms with Gasteiger partial charge in [-0.2, -0.15) is 0 Å². The summed E-state index contributed by atoms with van der Waals surface area (Å²) in [6.45, 7) is 0.354. The van der Waals surface area contributed by atoms with Crippen molar-refractivity contribution in [3.8, 4) is 0 Å². The fourth-order valence-corrected chi connectivity index (χ4v) is 2.93. The Morgan fingerprint density at radius 2 is 2.05 bits per heavy atom. The molecule has 3 rings (SSSR count). The van der Waals surface area contributed by atoms with Gasteiger partial charge in [0.25, 0.3) is 5.91 Å². The molecule has 0 saturated carbocycles. The number of hydrogen-bond donors (Lipinski definition) is 0. The average molecular weight is 291 g/mol. The fourth-order valence-electron chi connectivity index (χ4n) is 1.70. The molecule has 0 aliphatic carbocycles. The zero-order valence-corrected chi connectivity index (χ0v) is 11.4. The molecule has 1 amide bonds. The van der Waals surface area contributed by atoms with Crippen LogP contribution in [-0.4, -0.2) is 15.1 Å². The molecule has 1 fully saturated rings. The maximum Gasteiger partial charge on any atom is 0.266 e. The lowest BCUT2D eigenvalue weighted by Gasteiger charge is -2.11. The highest BCUT2D eigenvalue weighted by atomic mass is 32.2. The van der Waals surface area contributed by atoms with Crippen molar-refractivity contribution in [2.24, 2.45) is 0 Å². The molecule has 0 spiro atoms. The summed E-state index contributed by atoms with van der Waals surface area (Å²) in [4.78, 5) is 14.3. The number of carbonyl (C=O) groups is 1. The van der Waals surface area contributed by atoms with Crippen LogP contribution in [0.15, 0.2) is 50.5 Å². The molecular formula is C13H9NO3S2. The van der Waals surface area contributed by atoms with Crippen LogP contribution in [0.5, 0.6) is 0 Å². The van der Waals surface area contributed by atoms with Crippen molar-refractivity contribution < 1.29 is 13.6 Å². The number of furan rings is 2. The second-order valence-corrected chi connectivity index (χ2v) is 5.54. The normalized spacial score (nSPS) is 17.7. The second-order valence-electron chi connectivity index (χ2n) is 3.86. The standard InChI is InChI=1S/C13H9NO3S2/c15-12-11(7-9-3-1-5-16-9)19-13(18)14(12)8-10-4-2-6-17-10/h1-7H,8H2/b11-7-. The molecule has 0 radical (unpaired) electrons. The zero-order valence-electron chi connectivity index (χ0n) is 9.74. The molecule has 0 N–H and O–H groups in total. The molecule has 96 valence electrons.